The zero-order chi connectivity index (χ0) is 29.0. The highest BCUT2D eigenvalue weighted by molar-refractivity contribution is 5.92. The molecule has 0 saturated carbocycles. The minimum absolute atomic E-state index is 0.00973. The highest BCUT2D eigenvalue weighted by Crippen LogP contribution is 2.28. The van der Waals surface area contributed by atoms with Crippen molar-refractivity contribution in [2.45, 2.75) is 118 Å². The third kappa shape index (κ3) is 11.5. The molecular formula is C29H48N4O5. The molecule has 2 atom stereocenters. The Balaban J connectivity index is 3.57. The van der Waals surface area contributed by atoms with Crippen LogP contribution in [0, 0.1) is 13.8 Å². The molecule has 0 aromatic heterocycles. The number of nitrogens with two attached hydrogens (primary N) is 1. The lowest BCUT2D eigenvalue weighted by Crippen LogP contribution is -2.54. The second-order valence-corrected chi connectivity index (χ2v) is 11.2. The van der Waals surface area contributed by atoms with Gasteiger partial charge >= 0.3 is 6.09 Å². The molecule has 0 fully saturated rings. The molecule has 2 unspecified atom stereocenters. The van der Waals surface area contributed by atoms with Gasteiger partial charge in [0.1, 0.15) is 17.7 Å². The fraction of sp³-hybridized carbons (Fsp3) is 0.655. The number of nitrogens with one attached hydrogen (secondary N) is 2. The lowest BCUT2D eigenvalue weighted by molar-refractivity contribution is -0.143. The normalized spacial score (nSPS) is 13.0. The van der Waals surface area contributed by atoms with E-state index in [0.29, 0.717) is 13.0 Å². The standard InChI is InChI=1S/C29H48N4O5/c1-9-10-11-12-17-33(25(26(35)31-19(2)3)22-18-20(4)13-14-21(22)5)27(36)23(15-16-24(30)34)32-28(37)38-29(6,7)8/h13-14,18-19,23,25H,9-12,15-17H2,1-8H3,(H2,30,34)(H,31,35)(H,32,37). The van der Waals surface area contributed by atoms with E-state index in [0.717, 1.165) is 36.0 Å². The predicted molar refractivity (Wildman–Crippen MR) is 149 cm³/mol. The molecule has 4 amide bonds. The van der Waals surface area contributed by atoms with Gasteiger partial charge < -0.3 is 26.0 Å². The van der Waals surface area contributed by atoms with Gasteiger partial charge in [0.05, 0.1) is 0 Å². The van der Waals surface area contributed by atoms with Gasteiger partial charge in [-0.2, -0.15) is 0 Å². The Hall–Kier alpha value is -3.10. The van der Waals surface area contributed by atoms with Crippen LogP contribution in [0.4, 0.5) is 4.79 Å². The summed E-state index contributed by atoms with van der Waals surface area (Å²) >= 11 is 0. The number of amides is 4. The summed E-state index contributed by atoms with van der Waals surface area (Å²) in [7, 11) is 0. The van der Waals surface area contributed by atoms with E-state index in [9.17, 15) is 19.2 Å². The molecule has 0 aliphatic heterocycles. The van der Waals surface area contributed by atoms with Gasteiger partial charge in [-0.25, -0.2) is 4.79 Å². The third-order valence-electron chi connectivity index (χ3n) is 5.92. The number of benzene rings is 1. The summed E-state index contributed by atoms with van der Waals surface area (Å²) < 4.78 is 5.38. The molecule has 0 bridgehead atoms. The molecule has 1 aromatic rings. The van der Waals surface area contributed by atoms with Crippen LogP contribution in [0.3, 0.4) is 0 Å². The van der Waals surface area contributed by atoms with Crippen LogP contribution in [-0.2, 0) is 19.1 Å². The minimum Gasteiger partial charge on any atom is -0.444 e. The Morgan fingerprint density at radius 1 is 1.03 bits per heavy atom. The number of hydrogen-bond donors (Lipinski definition) is 3. The first-order valence-electron chi connectivity index (χ1n) is 13.6. The fourth-order valence-electron chi connectivity index (χ4n) is 4.14. The summed E-state index contributed by atoms with van der Waals surface area (Å²) in [6.45, 7) is 15.2. The third-order valence-corrected chi connectivity index (χ3v) is 5.92. The predicted octanol–water partition coefficient (Wildman–Crippen LogP) is 4.44. The van der Waals surface area contributed by atoms with Crippen LogP contribution in [0.2, 0.25) is 0 Å². The first-order chi connectivity index (χ1) is 17.7. The van der Waals surface area contributed by atoms with Crippen LogP contribution < -0.4 is 16.4 Å². The van der Waals surface area contributed by atoms with Crippen molar-refractivity contribution in [2.24, 2.45) is 5.73 Å². The number of hydrogen-bond acceptors (Lipinski definition) is 5. The molecule has 214 valence electrons. The van der Waals surface area contributed by atoms with E-state index in [-0.39, 0.29) is 24.8 Å². The van der Waals surface area contributed by atoms with Crippen molar-refractivity contribution in [1.29, 1.82) is 0 Å². The number of primary amides is 1. The molecule has 9 heteroatoms. The summed E-state index contributed by atoms with van der Waals surface area (Å²) in [5.74, 6) is -1.35. The molecule has 1 aromatic carbocycles. The van der Waals surface area contributed by atoms with Gasteiger partial charge in [0.2, 0.25) is 17.7 Å². The average molecular weight is 533 g/mol. The van der Waals surface area contributed by atoms with Crippen molar-refractivity contribution in [1.82, 2.24) is 15.5 Å². The number of unbranched alkanes of at least 4 members (excludes halogenated alkanes) is 3. The highest BCUT2D eigenvalue weighted by atomic mass is 16.6. The van der Waals surface area contributed by atoms with E-state index in [1.54, 1.807) is 20.8 Å². The first-order valence-corrected chi connectivity index (χ1v) is 13.6. The molecular weight excluding hydrogens is 484 g/mol. The van der Waals surface area contributed by atoms with Crippen LogP contribution in [0.5, 0.6) is 0 Å². The van der Waals surface area contributed by atoms with Crippen molar-refractivity contribution >= 4 is 23.8 Å². The largest absolute Gasteiger partial charge is 0.444 e. The first kappa shape index (κ1) is 32.9. The Labute approximate surface area is 228 Å². The lowest BCUT2D eigenvalue weighted by atomic mass is 9.95. The maximum Gasteiger partial charge on any atom is 0.408 e. The number of aryl methyl sites for hydroxylation is 2. The number of carbonyl (C=O) groups excluding carboxylic acids is 4. The quantitative estimate of drug-likeness (QED) is 0.305. The molecule has 0 heterocycles. The maximum absolute atomic E-state index is 14.1. The zero-order valence-corrected chi connectivity index (χ0v) is 24.5. The summed E-state index contributed by atoms with van der Waals surface area (Å²) in [4.78, 5) is 53.6. The Morgan fingerprint density at radius 2 is 1.68 bits per heavy atom. The topological polar surface area (TPSA) is 131 Å². The van der Waals surface area contributed by atoms with E-state index in [4.69, 9.17) is 10.5 Å². The molecule has 0 aliphatic rings. The van der Waals surface area contributed by atoms with Gasteiger partial charge in [-0.3, -0.25) is 14.4 Å². The lowest BCUT2D eigenvalue weighted by Gasteiger charge is -2.35. The van der Waals surface area contributed by atoms with Crippen molar-refractivity contribution in [3.63, 3.8) is 0 Å². The van der Waals surface area contributed by atoms with Gasteiger partial charge in [0, 0.05) is 19.0 Å². The summed E-state index contributed by atoms with van der Waals surface area (Å²) in [6.07, 6.45) is 2.69. The SMILES string of the molecule is CCCCCCN(C(=O)C(CCC(N)=O)NC(=O)OC(C)(C)C)C(C(=O)NC(C)C)c1cc(C)ccc1C. The van der Waals surface area contributed by atoms with Crippen LogP contribution in [0.25, 0.3) is 0 Å². The van der Waals surface area contributed by atoms with E-state index < -0.39 is 35.6 Å². The molecule has 0 aliphatic carbocycles. The summed E-state index contributed by atoms with van der Waals surface area (Å²) in [5.41, 5.74) is 7.16. The fourth-order valence-corrected chi connectivity index (χ4v) is 4.14. The number of nitrogens with zero attached hydrogens (tertiary/aromatic N) is 1. The monoisotopic (exact) mass is 532 g/mol. The van der Waals surface area contributed by atoms with Crippen LogP contribution in [0.1, 0.15) is 103 Å². The molecule has 38 heavy (non-hydrogen) atoms. The van der Waals surface area contributed by atoms with Gasteiger partial charge in [0.15, 0.2) is 0 Å². The second-order valence-electron chi connectivity index (χ2n) is 11.2. The smallest absolute Gasteiger partial charge is 0.408 e. The van der Waals surface area contributed by atoms with E-state index in [1.807, 2.05) is 45.9 Å². The Morgan fingerprint density at radius 3 is 2.24 bits per heavy atom. The number of alkyl carbamates (subject to hydrolysis) is 1. The molecule has 1 rings (SSSR count). The number of rotatable bonds is 14. The Bertz CT molecular complexity index is 955. The maximum atomic E-state index is 14.1. The summed E-state index contributed by atoms with van der Waals surface area (Å²) in [6, 6.07) is 3.67. The number of ether oxygens (including phenoxy) is 1. The second kappa shape index (κ2) is 15.3. The van der Waals surface area contributed by atoms with Crippen molar-refractivity contribution < 1.29 is 23.9 Å². The van der Waals surface area contributed by atoms with Crippen LogP contribution in [0.15, 0.2) is 18.2 Å². The highest BCUT2D eigenvalue weighted by Gasteiger charge is 2.37. The molecule has 0 saturated heterocycles. The molecule has 0 radical (unpaired) electrons. The van der Waals surface area contributed by atoms with Crippen molar-refractivity contribution in [3.05, 3.63) is 34.9 Å². The molecule has 4 N–H and O–H groups in total. The van der Waals surface area contributed by atoms with E-state index in [2.05, 4.69) is 17.6 Å². The van der Waals surface area contributed by atoms with Gasteiger partial charge in [-0.05, 0) is 72.4 Å². The molecule has 0 spiro atoms. The molecule has 9 nitrogen and oxygen atoms in total. The van der Waals surface area contributed by atoms with Gasteiger partial charge in [-0.15, -0.1) is 0 Å². The summed E-state index contributed by atoms with van der Waals surface area (Å²) in [5, 5.41) is 5.60. The van der Waals surface area contributed by atoms with E-state index >= 15 is 0 Å². The number of carbonyl (C=O) groups is 4. The average Bonchev–Trinajstić information content (AvgIpc) is 2.78. The zero-order valence-electron chi connectivity index (χ0n) is 24.5. The Kier molecular flexibility index (Phi) is 13.3. The van der Waals surface area contributed by atoms with Crippen LogP contribution in [-0.4, -0.2) is 52.9 Å². The van der Waals surface area contributed by atoms with E-state index in [1.165, 1.54) is 4.90 Å². The minimum atomic E-state index is -1.09. The van der Waals surface area contributed by atoms with Crippen molar-refractivity contribution in [2.75, 3.05) is 6.54 Å². The van der Waals surface area contributed by atoms with Gasteiger partial charge in [-0.1, -0.05) is 49.9 Å². The van der Waals surface area contributed by atoms with Crippen LogP contribution >= 0.6 is 0 Å². The van der Waals surface area contributed by atoms with Crippen molar-refractivity contribution in [3.8, 4) is 0 Å². The van der Waals surface area contributed by atoms with Gasteiger partial charge in [0.25, 0.3) is 0 Å².